The van der Waals surface area contributed by atoms with Crippen LogP contribution in [0.2, 0.25) is 0 Å². The third kappa shape index (κ3) is 7.68. The average molecular weight is 453 g/mol. The summed E-state index contributed by atoms with van der Waals surface area (Å²) in [5.74, 6) is -2.74. The monoisotopic (exact) mass is 453 g/mol. The van der Waals surface area contributed by atoms with Gasteiger partial charge in [0.05, 0.1) is 0 Å². The van der Waals surface area contributed by atoms with E-state index in [2.05, 4.69) is 0 Å². The molecule has 20 heavy (non-hydrogen) atoms. The van der Waals surface area contributed by atoms with E-state index >= 15 is 0 Å². The van der Waals surface area contributed by atoms with Gasteiger partial charge in [-0.15, -0.1) is 0 Å². The molecule has 0 spiro atoms. The Bertz CT molecular complexity index is 376. The third-order valence-corrected chi connectivity index (χ3v) is 2.54. The van der Waals surface area contributed by atoms with Gasteiger partial charge < -0.3 is 0 Å². The van der Waals surface area contributed by atoms with Crippen LogP contribution in [0.1, 0.15) is 48.0 Å². The number of hydrogen-bond acceptors (Lipinski definition) is 5. The molecule has 0 unspecified atom stereocenters. The van der Waals surface area contributed by atoms with Crippen LogP contribution in [0.4, 0.5) is 0 Å². The number of nitrogens with one attached hydrogen (secondary N) is 1. The topological polar surface area (TPSA) is 76.5 Å². The molecule has 0 aromatic rings. The normalized spacial score (nSPS) is 11.9. The first-order chi connectivity index (χ1) is 8.87. The van der Waals surface area contributed by atoms with Crippen LogP contribution < -0.4 is 0 Å². The van der Waals surface area contributed by atoms with E-state index in [0.717, 1.165) is 0 Å². The second kappa shape index (κ2) is 7.26. The van der Waals surface area contributed by atoms with Gasteiger partial charge in [0.25, 0.3) is 0 Å². The van der Waals surface area contributed by atoms with E-state index in [9.17, 15) is 9.59 Å². The van der Waals surface area contributed by atoms with Gasteiger partial charge in [-0.25, -0.2) is 0 Å². The molecule has 0 saturated carbocycles. The predicted molar refractivity (Wildman–Crippen MR) is 73.6 cm³/mol. The van der Waals surface area contributed by atoms with Crippen molar-refractivity contribution in [3.63, 3.8) is 0 Å². The van der Waals surface area contributed by atoms with E-state index < -0.39 is 29.1 Å². The molecular formula is C14H23NO4W. The van der Waals surface area contributed by atoms with Crippen molar-refractivity contribution < 1.29 is 38.4 Å². The summed E-state index contributed by atoms with van der Waals surface area (Å²) in [6.45, 7) is 10.3. The fraction of sp³-hybridized carbons (Fsp3) is 0.714. The van der Waals surface area contributed by atoms with Gasteiger partial charge in [-0.3, -0.25) is 0 Å². The zero-order valence-electron chi connectivity index (χ0n) is 12.9. The van der Waals surface area contributed by atoms with Gasteiger partial charge in [0.1, 0.15) is 0 Å². The second-order valence-electron chi connectivity index (χ2n) is 6.40. The van der Waals surface area contributed by atoms with E-state index in [0.29, 0.717) is 0 Å². The molecule has 0 bridgehead atoms. The molecule has 5 nitrogen and oxygen atoms in total. The number of esters is 2. The Hall–Kier alpha value is -0.832. The minimum absolute atomic E-state index is 0.00324. The van der Waals surface area contributed by atoms with Gasteiger partial charge in [0.2, 0.25) is 0 Å². The van der Waals surface area contributed by atoms with Crippen LogP contribution in [0, 0.1) is 11.3 Å². The summed E-state index contributed by atoms with van der Waals surface area (Å²) in [4.78, 5) is 24.3. The van der Waals surface area contributed by atoms with Crippen LogP contribution in [0.5, 0.6) is 0 Å². The molecule has 0 aromatic carbocycles. The van der Waals surface area contributed by atoms with Crippen molar-refractivity contribution in [2.24, 2.45) is 5.92 Å². The Morgan fingerprint density at radius 1 is 1.05 bits per heavy atom. The molecule has 0 radical (unpaired) electrons. The van der Waals surface area contributed by atoms with Gasteiger partial charge in [-0.05, 0) is 0 Å². The summed E-state index contributed by atoms with van der Waals surface area (Å²) < 4.78 is 12.2. The zero-order valence-corrected chi connectivity index (χ0v) is 15.8. The fourth-order valence-electron chi connectivity index (χ4n) is 1.31. The minimum atomic E-state index is -1.29. The quantitative estimate of drug-likeness (QED) is 0.393. The summed E-state index contributed by atoms with van der Waals surface area (Å²) in [6.07, 6.45) is 0.276. The fourth-order valence-corrected chi connectivity index (χ4v) is 1.95. The molecule has 0 atom stereocenters. The molecule has 6 heteroatoms. The first-order valence-electron chi connectivity index (χ1n) is 6.34. The SMILES string of the molecule is CC(C)(C)OC(=O)C(C(=N)C[CH]=[W])C(=O)OC(C)(C)C. The molecule has 0 aliphatic heterocycles. The molecule has 0 heterocycles. The Morgan fingerprint density at radius 2 is 1.40 bits per heavy atom. The van der Waals surface area contributed by atoms with E-state index in [1.54, 1.807) is 45.9 Å². The first kappa shape index (κ1) is 19.2. The molecule has 0 aromatic heterocycles. The maximum atomic E-state index is 12.1. The van der Waals surface area contributed by atoms with E-state index in [4.69, 9.17) is 14.9 Å². The number of carbonyl (C=O) groups excluding carboxylic acids is 2. The first-order valence-corrected chi connectivity index (χ1v) is 8.03. The van der Waals surface area contributed by atoms with Crippen molar-refractivity contribution >= 4 is 22.1 Å². The molecule has 114 valence electrons. The number of carbonyl (C=O) groups is 2. The summed E-state index contributed by atoms with van der Waals surface area (Å²) in [7, 11) is 0. The molecule has 0 rings (SSSR count). The third-order valence-electron chi connectivity index (χ3n) is 1.94. The summed E-state index contributed by atoms with van der Waals surface area (Å²) in [5, 5.41) is 7.90. The van der Waals surface area contributed by atoms with Gasteiger partial charge >= 0.3 is 131 Å². The Morgan fingerprint density at radius 3 is 1.65 bits per heavy atom. The second-order valence-corrected chi connectivity index (χ2v) is 7.59. The van der Waals surface area contributed by atoms with Crippen LogP contribution in [-0.2, 0) is 38.4 Å². The van der Waals surface area contributed by atoms with Crippen molar-refractivity contribution in [3.8, 4) is 0 Å². The molecule has 0 aliphatic rings. The van der Waals surface area contributed by atoms with Crippen LogP contribution >= 0.6 is 0 Å². The molecule has 0 aliphatic carbocycles. The van der Waals surface area contributed by atoms with Crippen molar-refractivity contribution in [1.82, 2.24) is 0 Å². The Labute approximate surface area is 131 Å². The van der Waals surface area contributed by atoms with Crippen molar-refractivity contribution in [1.29, 1.82) is 5.41 Å². The van der Waals surface area contributed by atoms with Gasteiger partial charge in [-0.1, -0.05) is 0 Å². The van der Waals surface area contributed by atoms with Crippen molar-refractivity contribution in [3.05, 3.63) is 0 Å². The number of hydrogen-bond donors (Lipinski definition) is 1. The molecule has 1 N–H and O–H groups in total. The van der Waals surface area contributed by atoms with Gasteiger partial charge in [-0.2, -0.15) is 0 Å². The van der Waals surface area contributed by atoms with Crippen molar-refractivity contribution in [2.75, 3.05) is 0 Å². The molecule has 0 fully saturated rings. The Balaban J connectivity index is 5.18. The van der Waals surface area contributed by atoms with E-state index in [1.165, 1.54) is 19.4 Å². The predicted octanol–water partition coefficient (Wildman–Crippen LogP) is 2.04. The number of rotatable bonds is 5. The molecule has 0 amide bonds. The summed E-state index contributed by atoms with van der Waals surface area (Å²) >= 11 is 1.18. The average Bonchev–Trinajstić information content (AvgIpc) is 2.11. The summed E-state index contributed by atoms with van der Waals surface area (Å²) in [6, 6.07) is 0. The van der Waals surface area contributed by atoms with E-state index in [-0.39, 0.29) is 12.1 Å². The van der Waals surface area contributed by atoms with Gasteiger partial charge in [0, 0.05) is 0 Å². The zero-order chi connectivity index (χ0) is 16.1. The van der Waals surface area contributed by atoms with Crippen molar-refractivity contribution in [2.45, 2.75) is 59.2 Å². The molecule has 0 saturated heterocycles. The number of ether oxygens (including phenoxy) is 2. The maximum absolute atomic E-state index is 12.1. The Kier molecular flexibility index (Phi) is 6.95. The van der Waals surface area contributed by atoms with Crippen LogP contribution in [0.25, 0.3) is 0 Å². The standard InChI is InChI=1S/C14H23NO4.W/c1-8-9(15)10(11(16)18-13(2,3)4)12(17)19-14(5,6)7;/h1,10,15H,8H2,2-7H3;. The van der Waals surface area contributed by atoms with Crippen LogP contribution in [0.3, 0.4) is 0 Å². The van der Waals surface area contributed by atoms with E-state index in [1.807, 2.05) is 0 Å². The van der Waals surface area contributed by atoms with Crippen LogP contribution in [0.15, 0.2) is 0 Å². The van der Waals surface area contributed by atoms with Crippen LogP contribution in [-0.4, -0.2) is 33.3 Å². The molecular weight excluding hydrogens is 430 g/mol. The summed E-state index contributed by atoms with van der Waals surface area (Å²) in [5.41, 5.74) is -1.42. The van der Waals surface area contributed by atoms with Gasteiger partial charge in [0.15, 0.2) is 0 Å².